The molecule has 0 radical (unpaired) electrons. The monoisotopic (exact) mass is 265 g/mol. The van der Waals surface area contributed by atoms with Crippen molar-refractivity contribution in [3.8, 4) is 0 Å². The zero-order chi connectivity index (χ0) is 12.4. The summed E-state index contributed by atoms with van der Waals surface area (Å²) in [5.74, 6) is 0.651. The van der Waals surface area contributed by atoms with Gasteiger partial charge in [-0.3, -0.25) is 4.79 Å². The Morgan fingerprint density at radius 2 is 2.22 bits per heavy atom. The number of amides is 1. The topological polar surface area (TPSA) is 38.8 Å². The molecule has 18 heavy (non-hydrogen) atoms. The first-order chi connectivity index (χ1) is 8.84. The van der Waals surface area contributed by atoms with Crippen LogP contribution in [-0.4, -0.2) is 44.1 Å². The molecule has 0 saturated carbocycles. The molecule has 0 aliphatic carbocycles. The van der Waals surface area contributed by atoms with Gasteiger partial charge in [0.2, 0.25) is 5.91 Å². The van der Waals surface area contributed by atoms with Gasteiger partial charge in [-0.15, -0.1) is 11.8 Å². The minimum absolute atomic E-state index is 0.0149. The number of hydrogen-bond acceptors (Lipinski definition) is 4. The number of benzene rings is 1. The van der Waals surface area contributed by atoms with E-state index in [-0.39, 0.29) is 12.0 Å². The number of carbonyl (C=O) groups excluding carboxylic acids is 1. The second-order valence-electron chi connectivity index (χ2n) is 4.33. The summed E-state index contributed by atoms with van der Waals surface area (Å²) in [5, 5.41) is 0. The molecule has 2 heterocycles. The Morgan fingerprint density at radius 1 is 1.33 bits per heavy atom. The van der Waals surface area contributed by atoms with Gasteiger partial charge in [0.25, 0.3) is 0 Å². The molecule has 0 spiro atoms. The average Bonchev–Trinajstić information content (AvgIpc) is 2.43. The standard InChI is InChI=1S/C13H15NO3S/c15-13-9-18-12-4-2-1-3-11(12)14(13)7-10-8-16-5-6-17-10/h1-4,10H,5-9H2/t10-/m0/s1. The van der Waals surface area contributed by atoms with Gasteiger partial charge in [0.1, 0.15) is 0 Å². The normalized spacial score (nSPS) is 23.9. The van der Waals surface area contributed by atoms with Gasteiger partial charge in [0, 0.05) is 4.90 Å². The van der Waals surface area contributed by atoms with Gasteiger partial charge in [-0.25, -0.2) is 0 Å². The summed E-state index contributed by atoms with van der Waals surface area (Å²) in [7, 11) is 0. The number of fused-ring (bicyclic) bond motifs is 1. The Morgan fingerprint density at radius 3 is 3.06 bits per heavy atom. The molecule has 3 rings (SSSR count). The number of hydrogen-bond donors (Lipinski definition) is 0. The zero-order valence-electron chi connectivity index (χ0n) is 10.0. The first kappa shape index (κ1) is 12.0. The molecule has 1 saturated heterocycles. The molecule has 1 amide bonds. The average molecular weight is 265 g/mol. The summed E-state index contributed by atoms with van der Waals surface area (Å²) in [4.78, 5) is 15.0. The quantitative estimate of drug-likeness (QED) is 0.813. The van der Waals surface area contributed by atoms with E-state index in [0.717, 1.165) is 10.6 Å². The minimum Gasteiger partial charge on any atom is -0.376 e. The molecule has 1 aromatic rings. The van der Waals surface area contributed by atoms with E-state index in [0.29, 0.717) is 32.1 Å². The van der Waals surface area contributed by atoms with E-state index in [1.165, 1.54) is 0 Å². The van der Waals surface area contributed by atoms with Crippen LogP contribution in [0.3, 0.4) is 0 Å². The minimum atomic E-state index is -0.0149. The van der Waals surface area contributed by atoms with Crippen LogP contribution in [-0.2, 0) is 14.3 Å². The number of anilines is 1. The maximum absolute atomic E-state index is 12.0. The highest BCUT2D eigenvalue weighted by molar-refractivity contribution is 8.00. The molecule has 5 heteroatoms. The molecule has 96 valence electrons. The maximum atomic E-state index is 12.0. The van der Waals surface area contributed by atoms with E-state index in [1.54, 1.807) is 11.8 Å². The fourth-order valence-electron chi connectivity index (χ4n) is 2.20. The number of para-hydroxylation sites is 1. The van der Waals surface area contributed by atoms with Crippen molar-refractivity contribution >= 4 is 23.4 Å². The molecule has 4 nitrogen and oxygen atoms in total. The predicted molar refractivity (Wildman–Crippen MR) is 70.1 cm³/mol. The number of rotatable bonds is 2. The van der Waals surface area contributed by atoms with Gasteiger partial charge in [-0.05, 0) is 12.1 Å². The van der Waals surface area contributed by atoms with Gasteiger partial charge in [0.15, 0.2) is 0 Å². The van der Waals surface area contributed by atoms with Crippen molar-refractivity contribution in [1.29, 1.82) is 0 Å². The Bertz CT molecular complexity index is 446. The first-order valence-corrected chi connectivity index (χ1v) is 7.05. The zero-order valence-corrected chi connectivity index (χ0v) is 10.8. The Kier molecular flexibility index (Phi) is 3.54. The van der Waals surface area contributed by atoms with Crippen LogP contribution in [0.4, 0.5) is 5.69 Å². The highest BCUT2D eigenvalue weighted by Crippen LogP contribution is 2.35. The van der Waals surface area contributed by atoms with Gasteiger partial charge < -0.3 is 14.4 Å². The molecule has 1 fully saturated rings. The largest absolute Gasteiger partial charge is 0.376 e. The van der Waals surface area contributed by atoms with Crippen LogP contribution in [0.15, 0.2) is 29.2 Å². The smallest absolute Gasteiger partial charge is 0.237 e. The lowest BCUT2D eigenvalue weighted by Crippen LogP contribution is -2.45. The molecule has 2 aliphatic rings. The Hall–Kier alpha value is -1.04. The van der Waals surface area contributed by atoms with Crippen molar-refractivity contribution < 1.29 is 14.3 Å². The summed E-state index contributed by atoms with van der Waals surface area (Å²) in [5.41, 5.74) is 0.993. The third-order valence-electron chi connectivity index (χ3n) is 3.08. The second-order valence-corrected chi connectivity index (χ2v) is 5.35. The van der Waals surface area contributed by atoms with E-state index < -0.39 is 0 Å². The third kappa shape index (κ3) is 2.39. The molecule has 1 atom stereocenters. The number of nitrogens with zero attached hydrogens (tertiary/aromatic N) is 1. The highest BCUT2D eigenvalue weighted by Gasteiger charge is 2.28. The molecule has 0 unspecified atom stereocenters. The number of thioether (sulfide) groups is 1. The van der Waals surface area contributed by atoms with E-state index >= 15 is 0 Å². The van der Waals surface area contributed by atoms with E-state index in [1.807, 2.05) is 23.1 Å². The van der Waals surface area contributed by atoms with Crippen molar-refractivity contribution in [2.75, 3.05) is 37.0 Å². The molecular weight excluding hydrogens is 250 g/mol. The van der Waals surface area contributed by atoms with Crippen LogP contribution in [0.25, 0.3) is 0 Å². The van der Waals surface area contributed by atoms with E-state index in [4.69, 9.17) is 9.47 Å². The van der Waals surface area contributed by atoms with Crippen LogP contribution < -0.4 is 4.90 Å². The molecule has 0 aromatic heterocycles. The number of carbonyl (C=O) groups is 1. The lowest BCUT2D eigenvalue weighted by atomic mass is 10.2. The summed E-state index contributed by atoms with van der Waals surface area (Å²) in [6.07, 6.45) is -0.0149. The molecule has 2 aliphatic heterocycles. The van der Waals surface area contributed by atoms with E-state index in [9.17, 15) is 4.79 Å². The second kappa shape index (κ2) is 5.30. The van der Waals surface area contributed by atoms with Crippen LogP contribution in [0.5, 0.6) is 0 Å². The lowest BCUT2D eigenvalue weighted by molar-refractivity contribution is -0.118. The fourth-order valence-corrected chi connectivity index (χ4v) is 3.14. The van der Waals surface area contributed by atoms with Gasteiger partial charge in [-0.2, -0.15) is 0 Å². The van der Waals surface area contributed by atoms with Crippen molar-refractivity contribution in [1.82, 2.24) is 0 Å². The van der Waals surface area contributed by atoms with Crippen LogP contribution >= 0.6 is 11.8 Å². The summed E-state index contributed by atoms with van der Waals surface area (Å²) in [6.45, 7) is 2.41. The molecule has 0 N–H and O–H groups in total. The maximum Gasteiger partial charge on any atom is 0.237 e. The van der Waals surface area contributed by atoms with Gasteiger partial charge >= 0.3 is 0 Å². The van der Waals surface area contributed by atoms with E-state index in [2.05, 4.69) is 6.07 Å². The van der Waals surface area contributed by atoms with Crippen molar-refractivity contribution in [3.63, 3.8) is 0 Å². The predicted octanol–water partition coefficient (Wildman–Crippen LogP) is 1.54. The fraction of sp³-hybridized carbons (Fsp3) is 0.462. The van der Waals surface area contributed by atoms with Gasteiger partial charge in [-0.1, -0.05) is 12.1 Å². The lowest BCUT2D eigenvalue weighted by Gasteiger charge is -2.33. The Labute approximate surface area is 110 Å². The third-order valence-corrected chi connectivity index (χ3v) is 4.13. The Balaban J connectivity index is 1.79. The van der Waals surface area contributed by atoms with Crippen molar-refractivity contribution in [3.05, 3.63) is 24.3 Å². The summed E-state index contributed by atoms with van der Waals surface area (Å²) < 4.78 is 11.0. The highest BCUT2D eigenvalue weighted by atomic mass is 32.2. The van der Waals surface area contributed by atoms with Crippen molar-refractivity contribution in [2.24, 2.45) is 0 Å². The van der Waals surface area contributed by atoms with Crippen molar-refractivity contribution in [2.45, 2.75) is 11.0 Å². The first-order valence-electron chi connectivity index (χ1n) is 6.06. The van der Waals surface area contributed by atoms with Crippen LogP contribution in [0.1, 0.15) is 0 Å². The molecular formula is C13H15NO3S. The van der Waals surface area contributed by atoms with Gasteiger partial charge in [0.05, 0.1) is 43.9 Å². The summed E-state index contributed by atoms with van der Waals surface area (Å²) >= 11 is 1.60. The number of ether oxygens (including phenoxy) is 2. The van der Waals surface area contributed by atoms with Crippen LogP contribution in [0, 0.1) is 0 Å². The SMILES string of the molecule is O=C1CSc2ccccc2N1C[C@H]1COCCO1. The molecule has 1 aromatic carbocycles. The van der Waals surface area contributed by atoms with Crippen LogP contribution in [0.2, 0.25) is 0 Å². The molecule has 0 bridgehead atoms. The summed E-state index contributed by atoms with van der Waals surface area (Å²) in [6, 6.07) is 8.00.